The summed E-state index contributed by atoms with van der Waals surface area (Å²) in [5.74, 6) is -1.07. The lowest BCUT2D eigenvalue weighted by molar-refractivity contribution is -0.137. The van der Waals surface area contributed by atoms with E-state index >= 15 is 0 Å². The Balaban J connectivity index is 1.83. The molecule has 28 heavy (non-hydrogen) atoms. The van der Waals surface area contributed by atoms with Gasteiger partial charge < -0.3 is 10.4 Å². The fourth-order valence-corrected chi connectivity index (χ4v) is 3.25. The van der Waals surface area contributed by atoms with Gasteiger partial charge in [-0.3, -0.25) is 14.2 Å². The quantitative estimate of drug-likeness (QED) is 0.566. The number of aryl methyl sites for hydroxylation is 1. The van der Waals surface area contributed by atoms with Crippen molar-refractivity contribution in [3.8, 4) is 11.3 Å². The predicted octanol–water partition coefficient (Wildman–Crippen LogP) is 3.69. The van der Waals surface area contributed by atoms with Gasteiger partial charge in [0.1, 0.15) is 6.54 Å². The lowest BCUT2D eigenvalue weighted by atomic mass is 10.1. The van der Waals surface area contributed by atoms with E-state index in [-0.39, 0.29) is 11.0 Å². The Morgan fingerprint density at radius 1 is 1.07 bits per heavy atom. The van der Waals surface area contributed by atoms with Crippen molar-refractivity contribution < 1.29 is 9.90 Å². The third-order valence-electron chi connectivity index (χ3n) is 4.24. The van der Waals surface area contributed by atoms with Crippen LogP contribution in [0.3, 0.4) is 0 Å². The SMILES string of the molecule is O=C(O)Cn1c(-c2ccccc2)c(Cl)nc(NCCCc2ccccc2)c1=O. The lowest BCUT2D eigenvalue weighted by Crippen LogP contribution is -2.29. The zero-order chi connectivity index (χ0) is 19.9. The molecule has 1 heterocycles. The van der Waals surface area contributed by atoms with Gasteiger partial charge in [0.15, 0.2) is 11.0 Å². The minimum absolute atomic E-state index is 0.0546. The number of hydrogen-bond donors (Lipinski definition) is 2. The van der Waals surface area contributed by atoms with Crippen LogP contribution in [0.5, 0.6) is 0 Å². The van der Waals surface area contributed by atoms with Gasteiger partial charge in [0.2, 0.25) is 0 Å². The van der Waals surface area contributed by atoms with E-state index in [2.05, 4.69) is 10.3 Å². The summed E-state index contributed by atoms with van der Waals surface area (Å²) >= 11 is 6.33. The summed E-state index contributed by atoms with van der Waals surface area (Å²) < 4.78 is 1.15. The summed E-state index contributed by atoms with van der Waals surface area (Å²) in [5, 5.41) is 12.3. The predicted molar refractivity (Wildman–Crippen MR) is 110 cm³/mol. The summed E-state index contributed by atoms with van der Waals surface area (Å²) in [6.07, 6.45) is 1.65. The van der Waals surface area contributed by atoms with Crippen molar-refractivity contribution in [2.75, 3.05) is 11.9 Å². The van der Waals surface area contributed by atoms with Crippen LogP contribution in [-0.2, 0) is 17.8 Å². The number of carbonyl (C=O) groups is 1. The Morgan fingerprint density at radius 2 is 1.71 bits per heavy atom. The minimum Gasteiger partial charge on any atom is -0.480 e. The maximum atomic E-state index is 12.8. The first kappa shape index (κ1) is 19.6. The average molecular weight is 398 g/mol. The van der Waals surface area contributed by atoms with E-state index in [0.717, 1.165) is 17.4 Å². The third-order valence-corrected chi connectivity index (χ3v) is 4.50. The molecule has 0 amide bonds. The van der Waals surface area contributed by atoms with Crippen molar-refractivity contribution in [2.24, 2.45) is 0 Å². The molecule has 0 aliphatic rings. The molecular weight excluding hydrogens is 378 g/mol. The fraction of sp³-hybridized carbons (Fsp3) is 0.190. The first-order valence-corrected chi connectivity index (χ1v) is 9.29. The Morgan fingerprint density at radius 3 is 2.36 bits per heavy atom. The molecule has 144 valence electrons. The van der Waals surface area contributed by atoms with Gasteiger partial charge in [0, 0.05) is 12.1 Å². The zero-order valence-electron chi connectivity index (χ0n) is 15.1. The summed E-state index contributed by atoms with van der Waals surface area (Å²) in [7, 11) is 0. The number of halogens is 1. The van der Waals surface area contributed by atoms with Crippen LogP contribution in [0, 0.1) is 0 Å². The number of carboxylic acids is 1. The monoisotopic (exact) mass is 397 g/mol. The van der Waals surface area contributed by atoms with Crippen LogP contribution < -0.4 is 10.9 Å². The van der Waals surface area contributed by atoms with E-state index in [1.54, 1.807) is 24.3 Å². The molecule has 0 spiro atoms. The molecule has 0 aliphatic heterocycles. The molecule has 7 heteroatoms. The van der Waals surface area contributed by atoms with Crippen molar-refractivity contribution >= 4 is 23.4 Å². The first-order chi connectivity index (χ1) is 13.6. The molecule has 0 atom stereocenters. The Bertz CT molecular complexity index is 1000. The molecule has 3 rings (SSSR count). The highest BCUT2D eigenvalue weighted by molar-refractivity contribution is 6.32. The van der Waals surface area contributed by atoms with E-state index in [1.165, 1.54) is 5.56 Å². The largest absolute Gasteiger partial charge is 0.480 e. The van der Waals surface area contributed by atoms with Crippen LogP contribution in [0.25, 0.3) is 11.3 Å². The van der Waals surface area contributed by atoms with Gasteiger partial charge in [0.25, 0.3) is 5.56 Å². The molecule has 0 bridgehead atoms. The van der Waals surface area contributed by atoms with Gasteiger partial charge in [0.05, 0.1) is 5.69 Å². The number of hydrogen-bond acceptors (Lipinski definition) is 4. The van der Waals surface area contributed by atoms with Crippen LogP contribution in [0.1, 0.15) is 12.0 Å². The Hall–Kier alpha value is -3.12. The number of benzene rings is 2. The maximum Gasteiger partial charge on any atom is 0.323 e. The molecule has 0 unspecified atom stereocenters. The van der Waals surface area contributed by atoms with Crippen molar-refractivity contribution in [2.45, 2.75) is 19.4 Å². The van der Waals surface area contributed by atoms with E-state index in [0.29, 0.717) is 17.8 Å². The Labute approximate surface area is 167 Å². The molecule has 6 nitrogen and oxygen atoms in total. The van der Waals surface area contributed by atoms with Crippen LogP contribution in [0.15, 0.2) is 65.5 Å². The topological polar surface area (TPSA) is 84.2 Å². The fourth-order valence-electron chi connectivity index (χ4n) is 2.96. The van der Waals surface area contributed by atoms with Crippen molar-refractivity contribution in [1.29, 1.82) is 0 Å². The highest BCUT2D eigenvalue weighted by Gasteiger charge is 2.18. The molecule has 2 aromatic carbocycles. The second-order valence-corrected chi connectivity index (χ2v) is 6.62. The number of rotatable bonds is 8. The summed E-state index contributed by atoms with van der Waals surface area (Å²) in [6, 6.07) is 18.9. The van der Waals surface area contributed by atoms with Gasteiger partial charge in [-0.2, -0.15) is 0 Å². The van der Waals surface area contributed by atoms with E-state index < -0.39 is 18.1 Å². The minimum atomic E-state index is -1.13. The van der Waals surface area contributed by atoms with E-state index in [9.17, 15) is 14.7 Å². The molecule has 1 aromatic heterocycles. The number of aliphatic carboxylic acids is 1. The lowest BCUT2D eigenvalue weighted by Gasteiger charge is -2.15. The molecule has 0 saturated carbocycles. The number of carboxylic acid groups (broad SMARTS) is 1. The summed E-state index contributed by atoms with van der Waals surface area (Å²) in [5.41, 5.74) is 1.63. The molecule has 0 saturated heterocycles. The van der Waals surface area contributed by atoms with Gasteiger partial charge in [-0.1, -0.05) is 72.3 Å². The highest BCUT2D eigenvalue weighted by atomic mass is 35.5. The molecule has 3 aromatic rings. The smallest absolute Gasteiger partial charge is 0.323 e. The van der Waals surface area contributed by atoms with Crippen LogP contribution in [0.4, 0.5) is 5.82 Å². The van der Waals surface area contributed by atoms with Crippen molar-refractivity contribution in [1.82, 2.24) is 9.55 Å². The summed E-state index contributed by atoms with van der Waals surface area (Å²) in [4.78, 5) is 28.3. The highest BCUT2D eigenvalue weighted by Crippen LogP contribution is 2.26. The standard InChI is InChI=1S/C21H20ClN3O3/c22-19-18(16-11-5-2-6-12-16)25(14-17(26)27)21(28)20(24-19)23-13-7-10-15-8-3-1-4-9-15/h1-6,8-9,11-12H,7,10,13-14H2,(H,23,24)(H,26,27). The second kappa shape index (κ2) is 9.19. The molecular formula is C21H20ClN3O3. The van der Waals surface area contributed by atoms with Crippen LogP contribution in [0.2, 0.25) is 5.15 Å². The second-order valence-electron chi connectivity index (χ2n) is 6.27. The summed E-state index contributed by atoms with van der Waals surface area (Å²) in [6.45, 7) is 0.0230. The average Bonchev–Trinajstić information content (AvgIpc) is 2.70. The normalized spacial score (nSPS) is 10.6. The molecule has 0 aliphatic carbocycles. The number of nitrogens with one attached hydrogen (secondary N) is 1. The van der Waals surface area contributed by atoms with Gasteiger partial charge >= 0.3 is 5.97 Å². The van der Waals surface area contributed by atoms with Gasteiger partial charge in [-0.15, -0.1) is 0 Å². The van der Waals surface area contributed by atoms with Crippen molar-refractivity contribution in [3.05, 3.63) is 81.7 Å². The maximum absolute atomic E-state index is 12.8. The van der Waals surface area contributed by atoms with Crippen molar-refractivity contribution in [3.63, 3.8) is 0 Å². The number of anilines is 1. The van der Waals surface area contributed by atoms with E-state index in [1.807, 2.05) is 36.4 Å². The molecule has 2 N–H and O–H groups in total. The number of nitrogens with zero attached hydrogens (tertiary/aromatic N) is 2. The molecule has 0 fully saturated rings. The Kier molecular flexibility index (Phi) is 6.45. The van der Waals surface area contributed by atoms with Crippen LogP contribution >= 0.6 is 11.6 Å². The third kappa shape index (κ3) is 4.78. The number of aromatic nitrogens is 2. The van der Waals surface area contributed by atoms with Gasteiger partial charge in [-0.25, -0.2) is 4.98 Å². The zero-order valence-corrected chi connectivity index (χ0v) is 15.9. The van der Waals surface area contributed by atoms with Crippen LogP contribution in [-0.4, -0.2) is 27.2 Å². The first-order valence-electron chi connectivity index (χ1n) is 8.91. The molecule has 0 radical (unpaired) electrons. The van der Waals surface area contributed by atoms with Gasteiger partial charge in [-0.05, 0) is 18.4 Å². The van der Waals surface area contributed by atoms with E-state index in [4.69, 9.17) is 11.6 Å².